The lowest BCUT2D eigenvalue weighted by atomic mass is 9.89. The zero-order chi connectivity index (χ0) is 22.0. The summed E-state index contributed by atoms with van der Waals surface area (Å²) >= 11 is 6.14. The lowest BCUT2D eigenvalue weighted by molar-refractivity contribution is -0.123. The Kier molecular flexibility index (Phi) is 6.77. The Morgan fingerprint density at radius 3 is 2.71 bits per heavy atom. The first-order chi connectivity index (χ1) is 14.9. The summed E-state index contributed by atoms with van der Waals surface area (Å²) in [5.74, 6) is -0.0569. The van der Waals surface area contributed by atoms with Crippen LogP contribution in [0.25, 0.3) is 11.1 Å². The Morgan fingerprint density at radius 2 is 2.03 bits per heavy atom. The summed E-state index contributed by atoms with van der Waals surface area (Å²) < 4.78 is 1.28. The van der Waals surface area contributed by atoms with Crippen molar-refractivity contribution in [3.05, 3.63) is 51.4 Å². The molecule has 4 rings (SSSR count). The molecular formula is C24H31ClN4O2. The number of rotatable bonds is 6. The largest absolute Gasteiger partial charge is 0.350 e. The Morgan fingerprint density at radius 1 is 1.23 bits per heavy atom. The van der Waals surface area contributed by atoms with Crippen LogP contribution in [0.2, 0.25) is 5.02 Å². The van der Waals surface area contributed by atoms with Gasteiger partial charge in [0.2, 0.25) is 5.91 Å². The monoisotopic (exact) mass is 442 g/mol. The molecule has 1 aromatic carbocycles. The molecule has 2 aliphatic rings. The first kappa shape index (κ1) is 22.0. The first-order valence-corrected chi connectivity index (χ1v) is 11.7. The second-order valence-corrected chi connectivity index (χ2v) is 9.53. The summed E-state index contributed by atoms with van der Waals surface area (Å²) in [4.78, 5) is 28.0. The van der Waals surface area contributed by atoms with E-state index < -0.39 is 0 Å². The molecule has 1 aliphatic carbocycles. The topological polar surface area (TPSA) is 67.2 Å². The number of carbonyl (C=O) groups is 1. The summed E-state index contributed by atoms with van der Waals surface area (Å²) in [6.45, 7) is 6.03. The third-order valence-corrected chi connectivity index (χ3v) is 6.65. The maximum Gasteiger partial charge on any atom is 0.267 e. The van der Waals surface area contributed by atoms with Gasteiger partial charge in [-0.15, -0.1) is 0 Å². The van der Waals surface area contributed by atoms with Crippen molar-refractivity contribution >= 4 is 17.5 Å². The quantitative estimate of drug-likeness (QED) is 0.738. The maximum atomic E-state index is 12.8. The number of amides is 1. The second-order valence-electron chi connectivity index (χ2n) is 9.09. The average molecular weight is 443 g/mol. The number of hydrogen-bond donors (Lipinski definition) is 1. The fraction of sp³-hybridized carbons (Fsp3) is 0.542. The van der Waals surface area contributed by atoms with Crippen molar-refractivity contribution in [1.82, 2.24) is 20.0 Å². The van der Waals surface area contributed by atoms with Crippen LogP contribution in [0.15, 0.2) is 35.1 Å². The van der Waals surface area contributed by atoms with Crippen molar-refractivity contribution in [1.29, 1.82) is 0 Å². The van der Waals surface area contributed by atoms with Gasteiger partial charge in [-0.05, 0) is 55.8 Å². The molecule has 31 heavy (non-hydrogen) atoms. The lowest BCUT2D eigenvalue weighted by Crippen LogP contribution is -2.53. The van der Waals surface area contributed by atoms with Crippen molar-refractivity contribution in [2.75, 3.05) is 13.1 Å². The molecule has 2 fully saturated rings. The van der Waals surface area contributed by atoms with Gasteiger partial charge in [-0.2, -0.15) is 5.10 Å². The number of aromatic nitrogens is 2. The van der Waals surface area contributed by atoms with Gasteiger partial charge in [0.25, 0.3) is 5.56 Å². The third-order valence-electron chi connectivity index (χ3n) is 6.41. The van der Waals surface area contributed by atoms with Crippen molar-refractivity contribution in [2.24, 2.45) is 0 Å². The van der Waals surface area contributed by atoms with Crippen LogP contribution in [-0.4, -0.2) is 45.8 Å². The third kappa shape index (κ3) is 5.18. The van der Waals surface area contributed by atoms with Crippen molar-refractivity contribution in [2.45, 2.75) is 70.5 Å². The van der Waals surface area contributed by atoms with E-state index in [1.54, 1.807) is 12.1 Å². The predicted octanol–water partition coefficient (Wildman–Crippen LogP) is 3.82. The summed E-state index contributed by atoms with van der Waals surface area (Å²) in [5, 5.41) is 8.31. The molecule has 1 saturated heterocycles. The van der Waals surface area contributed by atoms with Crippen LogP contribution < -0.4 is 10.9 Å². The van der Waals surface area contributed by atoms with E-state index in [2.05, 4.69) is 15.3 Å². The van der Waals surface area contributed by atoms with E-state index >= 15 is 0 Å². The number of carbonyl (C=O) groups excluding carboxylic acids is 1. The Hall–Kier alpha value is -2.18. The molecule has 1 saturated carbocycles. The van der Waals surface area contributed by atoms with Crippen molar-refractivity contribution in [3.63, 3.8) is 0 Å². The Labute approximate surface area is 188 Å². The predicted molar refractivity (Wildman–Crippen MR) is 123 cm³/mol. The molecule has 0 spiro atoms. The molecule has 1 aliphatic heterocycles. The first-order valence-electron chi connectivity index (χ1n) is 11.3. The molecule has 7 heteroatoms. The van der Waals surface area contributed by atoms with E-state index in [4.69, 9.17) is 11.6 Å². The average Bonchev–Trinajstić information content (AvgIpc) is 2.68. The molecule has 2 heterocycles. The normalized spacial score (nSPS) is 19.9. The highest BCUT2D eigenvalue weighted by atomic mass is 35.5. The number of nitrogens with one attached hydrogen (secondary N) is 1. The van der Waals surface area contributed by atoms with Crippen LogP contribution in [0, 0.1) is 0 Å². The van der Waals surface area contributed by atoms with Gasteiger partial charge in [-0.25, -0.2) is 4.68 Å². The Balaban J connectivity index is 1.48. The summed E-state index contributed by atoms with van der Waals surface area (Å²) in [6, 6.07) is 9.82. The molecule has 0 radical (unpaired) electrons. The number of halogens is 1. The summed E-state index contributed by atoms with van der Waals surface area (Å²) in [6.07, 6.45) is 5.96. The van der Waals surface area contributed by atoms with Gasteiger partial charge in [0.05, 0.1) is 5.69 Å². The van der Waals surface area contributed by atoms with Crippen molar-refractivity contribution in [3.8, 4) is 11.1 Å². The summed E-state index contributed by atoms with van der Waals surface area (Å²) in [5.41, 5.74) is 2.12. The minimum Gasteiger partial charge on any atom is -0.350 e. The highest BCUT2D eigenvalue weighted by Gasteiger charge is 2.30. The van der Waals surface area contributed by atoms with Gasteiger partial charge >= 0.3 is 0 Å². The van der Waals surface area contributed by atoms with Crippen LogP contribution in [0.4, 0.5) is 0 Å². The number of likely N-dealkylation sites (tertiary alicyclic amines) is 1. The van der Waals surface area contributed by atoms with Gasteiger partial charge in [0.15, 0.2) is 0 Å². The highest BCUT2D eigenvalue weighted by molar-refractivity contribution is 6.30. The number of benzene rings is 1. The van der Waals surface area contributed by atoms with Crippen LogP contribution >= 0.6 is 11.6 Å². The number of piperidine rings is 1. The minimum atomic E-state index is -0.283. The summed E-state index contributed by atoms with van der Waals surface area (Å²) in [7, 11) is 0. The Bertz CT molecular complexity index is 999. The molecular weight excluding hydrogens is 412 g/mol. The molecule has 1 unspecified atom stereocenters. The second kappa shape index (κ2) is 9.53. The minimum absolute atomic E-state index is 0.0612. The zero-order valence-electron chi connectivity index (χ0n) is 18.3. The van der Waals surface area contributed by atoms with Crippen molar-refractivity contribution < 1.29 is 4.79 Å². The highest BCUT2D eigenvalue weighted by Crippen LogP contribution is 2.29. The standard InChI is InChI=1S/C24H31ClN4O2/c1-16(2)24-21(17-6-3-7-18(25)12-17)13-23(31)29(27-24)15-22(30)26-19-8-5-11-28(14-19)20-9-4-10-20/h3,6-7,12-13,16,19-20H,4-5,8-11,14-15H2,1-2H3,(H,26,30). The molecule has 1 N–H and O–H groups in total. The van der Waals surface area contributed by atoms with Crippen LogP contribution in [0.5, 0.6) is 0 Å². The van der Waals surface area contributed by atoms with E-state index in [1.807, 2.05) is 32.0 Å². The molecule has 166 valence electrons. The van der Waals surface area contributed by atoms with Gasteiger partial charge in [0, 0.05) is 35.3 Å². The van der Waals surface area contributed by atoms with Crippen LogP contribution in [0.3, 0.4) is 0 Å². The van der Waals surface area contributed by atoms with Crippen LogP contribution in [-0.2, 0) is 11.3 Å². The SMILES string of the molecule is CC(C)c1nn(CC(=O)NC2CCCN(C3CCC3)C2)c(=O)cc1-c1cccc(Cl)c1. The van der Waals surface area contributed by atoms with Gasteiger partial charge in [-0.3, -0.25) is 14.5 Å². The smallest absolute Gasteiger partial charge is 0.267 e. The zero-order valence-corrected chi connectivity index (χ0v) is 19.1. The maximum absolute atomic E-state index is 12.8. The molecule has 0 bridgehead atoms. The molecule has 1 amide bonds. The van der Waals surface area contributed by atoms with Crippen LogP contribution in [0.1, 0.15) is 57.6 Å². The molecule has 6 nitrogen and oxygen atoms in total. The fourth-order valence-electron chi connectivity index (χ4n) is 4.55. The lowest BCUT2D eigenvalue weighted by Gasteiger charge is -2.42. The van der Waals surface area contributed by atoms with E-state index in [1.165, 1.54) is 23.9 Å². The fourth-order valence-corrected chi connectivity index (χ4v) is 4.74. The van der Waals surface area contributed by atoms with E-state index in [0.29, 0.717) is 11.1 Å². The number of hydrogen-bond acceptors (Lipinski definition) is 4. The van der Waals surface area contributed by atoms with E-state index in [0.717, 1.165) is 42.8 Å². The molecule has 2 aromatic rings. The number of nitrogens with zero attached hydrogens (tertiary/aromatic N) is 3. The van der Waals surface area contributed by atoms with E-state index in [-0.39, 0.29) is 30.0 Å². The van der Waals surface area contributed by atoms with Gasteiger partial charge in [0.1, 0.15) is 6.54 Å². The molecule has 1 aromatic heterocycles. The van der Waals surface area contributed by atoms with E-state index in [9.17, 15) is 9.59 Å². The van der Waals surface area contributed by atoms with Gasteiger partial charge < -0.3 is 5.32 Å². The van der Waals surface area contributed by atoms with Gasteiger partial charge in [-0.1, -0.05) is 44.0 Å². The molecule has 1 atom stereocenters.